The molecule has 119 valence electrons. The first kappa shape index (κ1) is 15.4. The van der Waals surface area contributed by atoms with Crippen molar-refractivity contribution in [3.63, 3.8) is 0 Å². The fourth-order valence-electron chi connectivity index (χ4n) is 5.54. The van der Waals surface area contributed by atoms with Crippen LogP contribution in [-0.2, 0) is 23.5 Å². The molecule has 0 aliphatic heterocycles. The quantitative estimate of drug-likeness (QED) is 0.711. The third kappa shape index (κ3) is 2.17. The Hall–Kier alpha value is -0.501. The summed E-state index contributed by atoms with van der Waals surface area (Å²) in [4.78, 5) is 0. The van der Waals surface area contributed by atoms with Crippen molar-refractivity contribution < 1.29 is 27.3 Å². The van der Waals surface area contributed by atoms with Gasteiger partial charge in [0.2, 0.25) is 0 Å². The Morgan fingerprint density at radius 3 is 2.76 bits per heavy atom. The molecule has 0 unspecified atom stereocenters. The van der Waals surface area contributed by atoms with Gasteiger partial charge in [-0.3, -0.25) is 0 Å². The Balaban J connectivity index is 0.00000132. The molecule has 2 nitrogen and oxygen atoms in total. The van der Waals surface area contributed by atoms with E-state index in [0.29, 0.717) is 17.6 Å². The standard InChI is InChI=1S/C18H24O2.Cu/c1-18-9-8-14-13-5-3-12(19)10-11(13)2-4-15(14)16(18)6-7-17(18)20;/h3,5,10,14-17,19-20H,2,4,6-9H2,1H3;/t14-,15-,16+,17+,18+;/m1./s1. The molecule has 0 spiro atoms. The molecule has 2 saturated carbocycles. The van der Waals surface area contributed by atoms with Crippen LogP contribution in [0.5, 0.6) is 5.75 Å². The van der Waals surface area contributed by atoms with Crippen molar-refractivity contribution in [3.05, 3.63) is 29.3 Å². The van der Waals surface area contributed by atoms with E-state index in [1.807, 2.05) is 12.1 Å². The molecule has 5 atom stereocenters. The normalized spacial score (nSPS) is 40.7. The van der Waals surface area contributed by atoms with Crippen molar-refractivity contribution in [3.8, 4) is 5.75 Å². The zero-order valence-corrected chi connectivity index (χ0v) is 13.4. The molecule has 0 amide bonds. The van der Waals surface area contributed by atoms with Gasteiger partial charge in [-0.2, -0.15) is 0 Å². The van der Waals surface area contributed by atoms with Crippen LogP contribution in [0.3, 0.4) is 0 Å². The van der Waals surface area contributed by atoms with Gasteiger partial charge in [-0.05, 0) is 85.0 Å². The molecule has 2 fully saturated rings. The Bertz CT molecular complexity index is 544. The molecule has 1 aromatic carbocycles. The maximum absolute atomic E-state index is 10.4. The smallest absolute Gasteiger partial charge is 0.115 e. The number of hydrogen-bond acceptors (Lipinski definition) is 2. The van der Waals surface area contributed by atoms with Crippen LogP contribution in [-0.4, -0.2) is 16.3 Å². The first-order chi connectivity index (χ1) is 9.59. The van der Waals surface area contributed by atoms with E-state index < -0.39 is 0 Å². The zero-order chi connectivity index (χ0) is 13.9. The van der Waals surface area contributed by atoms with Crippen LogP contribution < -0.4 is 0 Å². The number of aryl methyl sites for hydroxylation is 1. The van der Waals surface area contributed by atoms with Gasteiger partial charge in [-0.15, -0.1) is 0 Å². The van der Waals surface area contributed by atoms with E-state index >= 15 is 0 Å². The molecule has 3 aliphatic carbocycles. The van der Waals surface area contributed by atoms with Gasteiger partial charge in [0.25, 0.3) is 0 Å². The number of aliphatic hydroxyl groups excluding tert-OH is 1. The number of benzene rings is 1. The Morgan fingerprint density at radius 2 is 1.95 bits per heavy atom. The second-order valence-corrected chi connectivity index (χ2v) is 7.44. The largest absolute Gasteiger partial charge is 0.508 e. The summed E-state index contributed by atoms with van der Waals surface area (Å²) >= 11 is 0. The molecule has 3 heteroatoms. The first-order valence-electron chi connectivity index (χ1n) is 8.09. The summed E-state index contributed by atoms with van der Waals surface area (Å²) in [7, 11) is 0. The summed E-state index contributed by atoms with van der Waals surface area (Å²) in [6.45, 7) is 2.32. The maximum Gasteiger partial charge on any atom is 0.115 e. The number of aliphatic hydroxyl groups is 1. The van der Waals surface area contributed by atoms with Crippen molar-refractivity contribution in [1.82, 2.24) is 0 Å². The van der Waals surface area contributed by atoms with E-state index in [2.05, 4.69) is 13.0 Å². The van der Waals surface area contributed by atoms with Gasteiger partial charge in [0.05, 0.1) is 6.10 Å². The van der Waals surface area contributed by atoms with Gasteiger partial charge < -0.3 is 10.2 Å². The third-order valence-corrected chi connectivity index (χ3v) is 6.66. The van der Waals surface area contributed by atoms with Crippen molar-refractivity contribution in [2.45, 2.75) is 57.5 Å². The van der Waals surface area contributed by atoms with Gasteiger partial charge in [-0.25, -0.2) is 0 Å². The maximum atomic E-state index is 10.4. The number of hydrogen-bond donors (Lipinski definition) is 2. The molecule has 0 aromatic heterocycles. The molecule has 21 heavy (non-hydrogen) atoms. The van der Waals surface area contributed by atoms with Crippen molar-refractivity contribution in [2.24, 2.45) is 17.3 Å². The minimum atomic E-state index is -0.0883. The molecular weight excluding hydrogens is 312 g/mol. The summed E-state index contributed by atoms with van der Waals surface area (Å²) in [6, 6.07) is 5.96. The van der Waals surface area contributed by atoms with Crippen LogP contribution in [0.2, 0.25) is 0 Å². The Kier molecular flexibility index (Phi) is 3.88. The molecule has 1 aromatic rings. The second kappa shape index (κ2) is 5.30. The van der Waals surface area contributed by atoms with Crippen LogP contribution in [0.15, 0.2) is 18.2 Å². The molecule has 1 radical (unpaired) electrons. The molecule has 0 saturated heterocycles. The second-order valence-electron chi connectivity index (χ2n) is 7.44. The van der Waals surface area contributed by atoms with E-state index in [4.69, 9.17) is 0 Å². The summed E-state index contributed by atoms with van der Waals surface area (Å²) in [6.07, 6.45) is 6.78. The van der Waals surface area contributed by atoms with E-state index in [1.54, 1.807) is 0 Å². The minimum Gasteiger partial charge on any atom is -0.508 e. The summed E-state index contributed by atoms with van der Waals surface area (Å²) in [5, 5.41) is 20.0. The van der Waals surface area contributed by atoms with Crippen molar-refractivity contribution in [1.29, 1.82) is 0 Å². The van der Waals surface area contributed by atoms with Crippen molar-refractivity contribution in [2.75, 3.05) is 0 Å². The fraction of sp³-hybridized carbons (Fsp3) is 0.667. The Labute approximate surface area is 137 Å². The monoisotopic (exact) mass is 335 g/mol. The third-order valence-electron chi connectivity index (χ3n) is 6.66. The molecule has 3 aliphatic rings. The van der Waals surface area contributed by atoms with Gasteiger partial charge in [0, 0.05) is 17.1 Å². The summed E-state index contributed by atoms with van der Waals surface area (Å²) in [5.74, 6) is 2.49. The van der Waals surface area contributed by atoms with Crippen LogP contribution in [0.25, 0.3) is 0 Å². The average Bonchev–Trinajstić information content (AvgIpc) is 2.74. The van der Waals surface area contributed by atoms with E-state index in [-0.39, 0.29) is 28.6 Å². The van der Waals surface area contributed by atoms with E-state index in [1.165, 1.54) is 30.4 Å². The molecule has 0 bridgehead atoms. The number of phenols is 1. The number of aromatic hydroxyl groups is 1. The number of fused-ring (bicyclic) bond motifs is 5. The number of phenolic OH excluding ortho intramolecular Hbond substituents is 1. The van der Waals surface area contributed by atoms with Gasteiger partial charge in [0.15, 0.2) is 0 Å². The minimum absolute atomic E-state index is 0. The van der Waals surface area contributed by atoms with Crippen LogP contribution in [0, 0.1) is 17.3 Å². The molecule has 2 N–H and O–H groups in total. The predicted molar refractivity (Wildman–Crippen MR) is 78.7 cm³/mol. The predicted octanol–water partition coefficient (Wildman–Crippen LogP) is 3.61. The van der Waals surface area contributed by atoms with Crippen LogP contribution in [0.1, 0.15) is 56.1 Å². The topological polar surface area (TPSA) is 40.5 Å². The van der Waals surface area contributed by atoms with Crippen molar-refractivity contribution >= 4 is 0 Å². The SMILES string of the molecule is C[C@]12CC[C@@H]3c4ccc(O)cc4CC[C@H]3[C@@H]1CC[C@@H]2O.[Cu]. The summed E-state index contributed by atoms with van der Waals surface area (Å²) in [5.41, 5.74) is 2.99. The zero-order valence-electron chi connectivity index (χ0n) is 12.5. The molecular formula is C18H24CuO2. The van der Waals surface area contributed by atoms with E-state index in [0.717, 1.165) is 25.2 Å². The number of rotatable bonds is 0. The molecule has 4 rings (SSSR count). The molecule has 0 heterocycles. The fourth-order valence-corrected chi connectivity index (χ4v) is 5.54. The van der Waals surface area contributed by atoms with Crippen LogP contribution >= 0.6 is 0 Å². The first-order valence-corrected chi connectivity index (χ1v) is 8.09. The van der Waals surface area contributed by atoms with Gasteiger partial charge >= 0.3 is 0 Å². The Morgan fingerprint density at radius 1 is 1.14 bits per heavy atom. The summed E-state index contributed by atoms with van der Waals surface area (Å²) < 4.78 is 0. The van der Waals surface area contributed by atoms with Gasteiger partial charge in [-0.1, -0.05) is 13.0 Å². The van der Waals surface area contributed by atoms with Gasteiger partial charge in [0.1, 0.15) is 5.75 Å². The average molecular weight is 336 g/mol. The van der Waals surface area contributed by atoms with E-state index in [9.17, 15) is 10.2 Å². The van der Waals surface area contributed by atoms with Crippen LogP contribution in [0.4, 0.5) is 0 Å².